The van der Waals surface area contributed by atoms with Crippen LogP contribution in [0.3, 0.4) is 0 Å². The first-order chi connectivity index (χ1) is 15.0. The Bertz CT molecular complexity index is 1200. The highest BCUT2D eigenvalue weighted by molar-refractivity contribution is 6.02. The minimum atomic E-state index is 0.280. The quantitative estimate of drug-likeness (QED) is 0.456. The van der Waals surface area contributed by atoms with Crippen molar-refractivity contribution in [1.82, 2.24) is 24.4 Å². The first-order valence-corrected chi connectivity index (χ1v) is 10.3. The van der Waals surface area contributed by atoms with E-state index < -0.39 is 0 Å². The number of benzene rings is 2. The fourth-order valence-electron chi connectivity index (χ4n) is 3.40. The average Bonchev–Trinajstić information content (AvgIpc) is 3.19. The molecule has 0 fully saturated rings. The third-order valence-electron chi connectivity index (χ3n) is 5.07. The van der Waals surface area contributed by atoms with Crippen molar-refractivity contribution in [2.24, 2.45) is 0 Å². The summed E-state index contributed by atoms with van der Waals surface area (Å²) in [5.41, 5.74) is 3.56. The van der Waals surface area contributed by atoms with Crippen LogP contribution in [-0.4, -0.2) is 58.8 Å². The molecule has 0 atom stereocenters. The van der Waals surface area contributed by atoms with Crippen molar-refractivity contribution < 1.29 is 9.47 Å². The van der Waals surface area contributed by atoms with Gasteiger partial charge in [0.05, 0.1) is 30.2 Å². The number of fused-ring (bicyclic) bond motifs is 3. The van der Waals surface area contributed by atoms with Gasteiger partial charge in [-0.05, 0) is 52.2 Å². The van der Waals surface area contributed by atoms with E-state index in [0.717, 1.165) is 39.9 Å². The molecular weight excluding hydrogens is 392 g/mol. The first-order valence-electron chi connectivity index (χ1n) is 10.3. The zero-order valence-electron chi connectivity index (χ0n) is 18.6. The molecule has 0 spiro atoms. The van der Waals surface area contributed by atoms with Crippen LogP contribution in [0.5, 0.6) is 11.5 Å². The molecule has 0 amide bonds. The summed E-state index contributed by atoms with van der Waals surface area (Å²) in [5.74, 6) is 1.92. The van der Waals surface area contributed by atoms with Gasteiger partial charge in [-0.1, -0.05) is 0 Å². The van der Waals surface area contributed by atoms with E-state index in [1.54, 1.807) is 7.11 Å². The maximum atomic E-state index is 5.81. The summed E-state index contributed by atoms with van der Waals surface area (Å²) in [5, 5.41) is 4.25. The molecule has 2 aromatic heterocycles. The maximum absolute atomic E-state index is 5.81. The molecule has 0 unspecified atom stereocenters. The summed E-state index contributed by atoms with van der Waals surface area (Å²) in [6.07, 6.45) is 3.69. The number of hydrogen-bond acceptors (Lipinski definition) is 7. The molecule has 0 aliphatic heterocycles. The molecule has 0 aliphatic rings. The molecule has 0 bridgehead atoms. The standard InChI is InChI=1S/C23H28N6O2/c1-15(2)29-14-25-19-8-6-16-13-24-23(27-21(16)22(19)29)26-18-9-7-17(12-20(18)30-5)31-11-10-28(3)4/h6-9,12-15H,10-11H2,1-5H3,(H,24,26,27). The van der Waals surface area contributed by atoms with Crippen LogP contribution in [0.1, 0.15) is 19.9 Å². The zero-order chi connectivity index (χ0) is 22.0. The molecular formula is C23H28N6O2. The number of nitrogens with zero attached hydrogens (tertiary/aromatic N) is 5. The third-order valence-corrected chi connectivity index (χ3v) is 5.07. The van der Waals surface area contributed by atoms with Crippen LogP contribution in [0.2, 0.25) is 0 Å². The molecule has 1 N–H and O–H groups in total. The topological polar surface area (TPSA) is 77.3 Å². The second kappa shape index (κ2) is 8.77. The van der Waals surface area contributed by atoms with Gasteiger partial charge in [0.25, 0.3) is 0 Å². The lowest BCUT2D eigenvalue weighted by molar-refractivity contribution is 0.260. The minimum Gasteiger partial charge on any atom is -0.494 e. The predicted octanol–water partition coefficient (Wildman–Crippen LogP) is 4.25. The van der Waals surface area contributed by atoms with Gasteiger partial charge in [-0.15, -0.1) is 0 Å². The molecule has 2 heterocycles. The second-order valence-electron chi connectivity index (χ2n) is 7.95. The van der Waals surface area contributed by atoms with E-state index in [-0.39, 0.29) is 6.04 Å². The molecule has 0 saturated carbocycles. The van der Waals surface area contributed by atoms with Crippen molar-refractivity contribution in [3.63, 3.8) is 0 Å². The fraction of sp³-hybridized carbons (Fsp3) is 0.348. The normalized spacial score (nSPS) is 11.6. The molecule has 8 nitrogen and oxygen atoms in total. The van der Waals surface area contributed by atoms with Crippen molar-refractivity contribution in [2.75, 3.05) is 39.7 Å². The fourth-order valence-corrected chi connectivity index (χ4v) is 3.40. The molecule has 31 heavy (non-hydrogen) atoms. The van der Waals surface area contributed by atoms with Gasteiger partial charge in [0, 0.05) is 30.2 Å². The van der Waals surface area contributed by atoms with Crippen molar-refractivity contribution in [3.05, 3.63) is 42.9 Å². The number of imidazole rings is 1. The molecule has 0 saturated heterocycles. The minimum absolute atomic E-state index is 0.280. The van der Waals surface area contributed by atoms with Gasteiger partial charge in [0.15, 0.2) is 0 Å². The number of methoxy groups -OCH3 is 1. The van der Waals surface area contributed by atoms with Crippen LogP contribution in [0, 0.1) is 0 Å². The lowest BCUT2D eigenvalue weighted by Crippen LogP contribution is -2.19. The predicted molar refractivity (Wildman–Crippen MR) is 124 cm³/mol. The highest BCUT2D eigenvalue weighted by atomic mass is 16.5. The monoisotopic (exact) mass is 420 g/mol. The van der Waals surface area contributed by atoms with Crippen LogP contribution < -0.4 is 14.8 Å². The maximum Gasteiger partial charge on any atom is 0.227 e. The number of ether oxygens (including phenoxy) is 2. The van der Waals surface area contributed by atoms with Crippen LogP contribution in [0.15, 0.2) is 42.9 Å². The Labute approximate surface area is 181 Å². The smallest absolute Gasteiger partial charge is 0.227 e. The zero-order valence-corrected chi connectivity index (χ0v) is 18.6. The van der Waals surface area contributed by atoms with Crippen LogP contribution in [0.4, 0.5) is 11.6 Å². The summed E-state index contributed by atoms with van der Waals surface area (Å²) in [6, 6.07) is 9.97. The Morgan fingerprint density at radius 1 is 1.13 bits per heavy atom. The lowest BCUT2D eigenvalue weighted by Gasteiger charge is -2.14. The molecule has 8 heteroatoms. The van der Waals surface area contributed by atoms with Crippen molar-refractivity contribution >= 4 is 33.6 Å². The Kier molecular flexibility index (Phi) is 5.90. The van der Waals surface area contributed by atoms with Gasteiger partial charge >= 0.3 is 0 Å². The molecule has 0 aliphatic carbocycles. The van der Waals surface area contributed by atoms with Gasteiger partial charge in [-0.3, -0.25) is 0 Å². The number of aromatic nitrogens is 4. The summed E-state index contributed by atoms with van der Waals surface area (Å²) < 4.78 is 13.5. The number of anilines is 2. The van der Waals surface area contributed by atoms with E-state index in [1.807, 2.05) is 57.0 Å². The number of likely N-dealkylation sites (N-methyl/N-ethyl adjacent to an activating group) is 1. The number of rotatable bonds is 8. The third kappa shape index (κ3) is 4.39. The van der Waals surface area contributed by atoms with Crippen LogP contribution in [0.25, 0.3) is 21.9 Å². The Morgan fingerprint density at radius 2 is 1.97 bits per heavy atom. The first kappa shape index (κ1) is 20.9. The van der Waals surface area contributed by atoms with Crippen molar-refractivity contribution in [1.29, 1.82) is 0 Å². The van der Waals surface area contributed by atoms with E-state index in [2.05, 4.69) is 38.6 Å². The lowest BCUT2D eigenvalue weighted by atomic mass is 10.2. The largest absolute Gasteiger partial charge is 0.494 e. The van der Waals surface area contributed by atoms with Crippen molar-refractivity contribution in [3.8, 4) is 11.5 Å². The second-order valence-corrected chi connectivity index (χ2v) is 7.95. The van der Waals surface area contributed by atoms with Crippen molar-refractivity contribution in [2.45, 2.75) is 19.9 Å². The summed E-state index contributed by atoms with van der Waals surface area (Å²) in [4.78, 5) is 15.9. The van der Waals surface area contributed by atoms with Gasteiger partial charge in [0.2, 0.25) is 5.95 Å². The molecule has 4 aromatic rings. The molecule has 2 aromatic carbocycles. The summed E-state index contributed by atoms with van der Waals surface area (Å²) in [7, 11) is 5.67. The van der Waals surface area contributed by atoms with Gasteiger partial charge in [-0.2, -0.15) is 0 Å². The average molecular weight is 421 g/mol. The highest BCUT2D eigenvalue weighted by Gasteiger charge is 2.13. The van der Waals surface area contributed by atoms with E-state index >= 15 is 0 Å². The molecule has 0 radical (unpaired) electrons. The van der Waals surface area contributed by atoms with Gasteiger partial charge < -0.3 is 24.3 Å². The summed E-state index contributed by atoms with van der Waals surface area (Å²) >= 11 is 0. The van der Waals surface area contributed by atoms with E-state index in [0.29, 0.717) is 18.3 Å². The molecule has 162 valence electrons. The van der Waals surface area contributed by atoms with E-state index in [1.165, 1.54) is 0 Å². The van der Waals surface area contributed by atoms with E-state index in [4.69, 9.17) is 14.5 Å². The van der Waals surface area contributed by atoms with Gasteiger partial charge in [0.1, 0.15) is 23.6 Å². The highest BCUT2D eigenvalue weighted by Crippen LogP contribution is 2.32. The molecule has 4 rings (SSSR count). The SMILES string of the molecule is COc1cc(OCCN(C)C)ccc1Nc1ncc2ccc3ncn(C(C)C)c3c2n1. The Morgan fingerprint density at radius 3 is 2.71 bits per heavy atom. The van der Waals surface area contributed by atoms with Crippen LogP contribution in [-0.2, 0) is 0 Å². The van der Waals surface area contributed by atoms with Crippen LogP contribution >= 0.6 is 0 Å². The number of nitrogens with one attached hydrogen (secondary N) is 1. The Balaban J connectivity index is 1.65. The van der Waals surface area contributed by atoms with Gasteiger partial charge in [-0.25, -0.2) is 15.0 Å². The Hall–Kier alpha value is -3.39. The van der Waals surface area contributed by atoms with E-state index in [9.17, 15) is 0 Å². The number of hydrogen-bond donors (Lipinski definition) is 1. The summed E-state index contributed by atoms with van der Waals surface area (Å²) in [6.45, 7) is 5.71.